The first kappa shape index (κ1) is 14.6. The zero-order chi connectivity index (χ0) is 14.0. The molecule has 0 bridgehead atoms. The number of esters is 1. The highest BCUT2D eigenvalue weighted by Crippen LogP contribution is 2.33. The number of anilines is 2. The summed E-state index contributed by atoms with van der Waals surface area (Å²) in [6, 6.07) is 5.36. The van der Waals surface area contributed by atoms with Crippen LogP contribution in [0.1, 0.15) is 9.67 Å². The number of nitrogens with zero attached hydrogens (tertiary/aromatic N) is 1. The molecule has 19 heavy (non-hydrogen) atoms. The summed E-state index contributed by atoms with van der Waals surface area (Å²) in [6.07, 6.45) is 0. The number of carbonyl (C=O) groups excluding carboxylic acids is 1. The van der Waals surface area contributed by atoms with Gasteiger partial charge in [0.15, 0.2) is 15.2 Å². The van der Waals surface area contributed by atoms with Crippen LogP contribution in [-0.4, -0.2) is 18.1 Å². The lowest BCUT2D eigenvalue weighted by Crippen LogP contribution is -1.98. The minimum absolute atomic E-state index is 0.102. The van der Waals surface area contributed by atoms with Crippen molar-refractivity contribution in [1.29, 1.82) is 0 Å². The number of aromatic nitrogens is 1. The molecular weight excluding hydrogens is 375 g/mol. The fourth-order valence-corrected chi connectivity index (χ4v) is 2.92. The number of ether oxygens (including phenoxy) is 1. The lowest BCUT2D eigenvalue weighted by molar-refractivity contribution is 0.0606. The van der Waals surface area contributed by atoms with E-state index in [1.165, 1.54) is 7.11 Å². The van der Waals surface area contributed by atoms with Gasteiger partial charge in [-0.05, 0) is 18.2 Å². The third-order valence-electron chi connectivity index (χ3n) is 2.13. The summed E-state index contributed by atoms with van der Waals surface area (Å²) in [5.41, 5.74) is 0.665. The van der Waals surface area contributed by atoms with Crippen molar-refractivity contribution < 1.29 is 9.53 Å². The minimum atomic E-state index is -0.518. The molecule has 0 saturated heterocycles. The highest BCUT2D eigenvalue weighted by molar-refractivity contribution is 9.10. The standard InChI is InChI=1S/C11H7BrCl2N2O2S/c1-18-10(17)8-9(14)16-11(19-8)15-7-4-5(12)2-3-6(7)13/h2-4H,1H3,(H,15,16). The Morgan fingerprint density at radius 1 is 1.47 bits per heavy atom. The number of nitrogens with one attached hydrogen (secondary N) is 1. The smallest absolute Gasteiger partial charge is 0.351 e. The number of halogens is 3. The number of thiazole rings is 1. The molecule has 0 atom stereocenters. The van der Waals surface area contributed by atoms with Crippen molar-refractivity contribution in [3.63, 3.8) is 0 Å². The van der Waals surface area contributed by atoms with Crippen molar-refractivity contribution in [2.24, 2.45) is 0 Å². The molecule has 0 spiro atoms. The van der Waals surface area contributed by atoms with E-state index in [9.17, 15) is 4.79 Å². The van der Waals surface area contributed by atoms with Crippen LogP contribution in [-0.2, 0) is 4.74 Å². The highest BCUT2D eigenvalue weighted by Gasteiger charge is 2.17. The third kappa shape index (κ3) is 3.39. The van der Waals surface area contributed by atoms with E-state index in [4.69, 9.17) is 23.2 Å². The predicted octanol–water partition coefficient (Wildman–Crippen LogP) is 4.74. The van der Waals surface area contributed by atoms with Gasteiger partial charge in [0.2, 0.25) is 0 Å². The van der Waals surface area contributed by atoms with Crippen LogP contribution in [0.2, 0.25) is 10.2 Å². The minimum Gasteiger partial charge on any atom is -0.465 e. The van der Waals surface area contributed by atoms with Gasteiger partial charge < -0.3 is 10.1 Å². The van der Waals surface area contributed by atoms with Crippen LogP contribution in [0.15, 0.2) is 22.7 Å². The van der Waals surface area contributed by atoms with Gasteiger partial charge in [-0.2, -0.15) is 0 Å². The molecular formula is C11H7BrCl2N2O2S. The summed E-state index contributed by atoms with van der Waals surface area (Å²) in [6.45, 7) is 0. The molecule has 2 rings (SSSR count). The molecule has 0 aliphatic heterocycles. The van der Waals surface area contributed by atoms with Crippen LogP contribution in [0.5, 0.6) is 0 Å². The van der Waals surface area contributed by atoms with Gasteiger partial charge in [0.1, 0.15) is 0 Å². The van der Waals surface area contributed by atoms with Gasteiger partial charge in [0.25, 0.3) is 0 Å². The fourth-order valence-electron chi connectivity index (χ4n) is 1.28. The van der Waals surface area contributed by atoms with E-state index >= 15 is 0 Å². The van der Waals surface area contributed by atoms with E-state index in [0.717, 1.165) is 15.8 Å². The molecule has 0 saturated carbocycles. The van der Waals surface area contributed by atoms with Crippen LogP contribution >= 0.6 is 50.5 Å². The summed E-state index contributed by atoms with van der Waals surface area (Å²) in [4.78, 5) is 15.7. The van der Waals surface area contributed by atoms with Crippen LogP contribution in [0.25, 0.3) is 0 Å². The molecule has 0 radical (unpaired) electrons. The second-order valence-electron chi connectivity index (χ2n) is 3.38. The molecule has 2 aromatic rings. The van der Waals surface area contributed by atoms with E-state index < -0.39 is 5.97 Å². The van der Waals surface area contributed by atoms with Gasteiger partial charge >= 0.3 is 5.97 Å². The predicted molar refractivity (Wildman–Crippen MR) is 80.9 cm³/mol. The molecule has 1 aromatic carbocycles. The number of carbonyl (C=O) groups is 1. The Kier molecular flexibility index (Phi) is 4.67. The van der Waals surface area contributed by atoms with Crippen molar-refractivity contribution in [2.75, 3.05) is 12.4 Å². The SMILES string of the molecule is COC(=O)c1sc(Nc2cc(Br)ccc2Cl)nc1Cl. The lowest BCUT2D eigenvalue weighted by Gasteiger charge is -2.05. The molecule has 0 fully saturated rings. The maximum Gasteiger partial charge on any atom is 0.351 e. The van der Waals surface area contributed by atoms with Gasteiger partial charge in [0.05, 0.1) is 17.8 Å². The number of rotatable bonds is 3. The molecule has 0 unspecified atom stereocenters. The van der Waals surface area contributed by atoms with E-state index in [-0.39, 0.29) is 10.0 Å². The maximum absolute atomic E-state index is 11.4. The molecule has 8 heteroatoms. The second-order valence-corrected chi connectivity index (χ2v) is 6.06. The third-order valence-corrected chi connectivity index (χ3v) is 4.29. The van der Waals surface area contributed by atoms with Gasteiger partial charge in [-0.25, -0.2) is 9.78 Å². The average Bonchev–Trinajstić information content (AvgIpc) is 2.74. The summed E-state index contributed by atoms with van der Waals surface area (Å²) < 4.78 is 5.48. The van der Waals surface area contributed by atoms with Crippen LogP contribution in [0.3, 0.4) is 0 Å². The first-order valence-electron chi connectivity index (χ1n) is 4.98. The first-order valence-corrected chi connectivity index (χ1v) is 7.34. The number of hydrogen-bond acceptors (Lipinski definition) is 5. The van der Waals surface area contributed by atoms with Gasteiger partial charge in [-0.3, -0.25) is 0 Å². The Hall–Kier alpha value is -0.820. The number of hydrogen-bond donors (Lipinski definition) is 1. The van der Waals surface area contributed by atoms with Crippen molar-refractivity contribution >= 4 is 67.3 Å². The van der Waals surface area contributed by atoms with Crippen LogP contribution < -0.4 is 5.32 Å². The molecule has 100 valence electrons. The molecule has 4 nitrogen and oxygen atoms in total. The van der Waals surface area contributed by atoms with Crippen molar-refractivity contribution in [2.45, 2.75) is 0 Å². The van der Waals surface area contributed by atoms with Crippen molar-refractivity contribution in [3.05, 3.63) is 37.7 Å². The number of methoxy groups -OCH3 is 1. The molecule has 1 aromatic heterocycles. The highest BCUT2D eigenvalue weighted by atomic mass is 79.9. The lowest BCUT2D eigenvalue weighted by atomic mass is 10.3. The monoisotopic (exact) mass is 380 g/mol. The van der Waals surface area contributed by atoms with Crippen molar-refractivity contribution in [1.82, 2.24) is 4.98 Å². The van der Waals surface area contributed by atoms with E-state index in [0.29, 0.717) is 15.8 Å². The Morgan fingerprint density at radius 2 is 2.21 bits per heavy atom. The van der Waals surface area contributed by atoms with E-state index in [1.807, 2.05) is 6.07 Å². The molecule has 0 aliphatic carbocycles. The Balaban J connectivity index is 2.29. The Bertz CT molecular complexity index is 633. The van der Waals surface area contributed by atoms with E-state index in [1.54, 1.807) is 12.1 Å². The first-order chi connectivity index (χ1) is 9.01. The molecule has 1 heterocycles. The zero-order valence-electron chi connectivity index (χ0n) is 9.54. The summed E-state index contributed by atoms with van der Waals surface area (Å²) in [7, 11) is 1.29. The van der Waals surface area contributed by atoms with Gasteiger partial charge in [-0.1, -0.05) is 50.5 Å². The van der Waals surface area contributed by atoms with Crippen molar-refractivity contribution in [3.8, 4) is 0 Å². The van der Waals surface area contributed by atoms with Crippen LogP contribution in [0, 0.1) is 0 Å². The fraction of sp³-hybridized carbons (Fsp3) is 0.0909. The molecule has 0 amide bonds. The van der Waals surface area contributed by atoms with Gasteiger partial charge in [0, 0.05) is 4.47 Å². The second kappa shape index (κ2) is 6.09. The zero-order valence-corrected chi connectivity index (χ0v) is 13.5. The quantitative estimate of drug-likeness (QED) is 0.780. The molecule has 1 N–H and O–H groups in total. The summed E-state index contributed by atoms with van der Waals surface area (Å²) in [5, 5.41) is 4.11. The normalized spacial score (nSPS) is 10.3. The summed E-state index contributed by atoms with van der Waals surface area (Å²) in [5.74, 6) is -0.518. The van der Waals surface area contributed by atoms with Gasteiger partial charge in [-0.15, -0.1) is 0 Å². The molecule has 0 aliphatic rings. The average molecular weight is 382 g/mol. The maximum atomic E-state index is 11.4. The van der Waals surface area contributed by atoms with Crippen LogP contribution in [0.4, 0.5) is 10.8 Å². The topological polar surface area (TPSA) is 51.2 Å². The van der Waals surface area contributed by atoms with E-state index in [2.05, 4.69) is 31.0 Å². The Labute approximate surface area is 131 Å². The Morgan fingerprint density at radius 3 is 2.89 bits per heavy atom. The largest absolute Gasteiger partial charge is 0.465 e. The number of benzene rings is 1. The summed E-state index contributed by atoms with van der Waals surface area (Å²) >= 11 is 16.4.